The molecule has 2 fully saturated rings. The maximum atomic E-state index is 10.0. The first-order valence-corrected chi connectivity index (χ1v) is 7.55. The Bertz CT molecular complexity index is 385. The van der Waals surface area contributed by atoms with Gasteiger partial charge in [-0.3, -0.25) is 0 Å². The number of hydrogen-bond donors (Lipinski definition) is 7. The number of ether oxygens (including phenoxy) is 3. The van der Waals surface area contributed by atoms with Crippen LogP contribution < -0.4 is 11.5 Å². The van der Waals surface area contributed by atoms with Gasteiger partial charge in [-0.2, -0.15) is 0 Å². The van der Waals surface area contributed by atoms with E-state index in [2.05, 4.69) is 0 Å². The molecule has 2 aliphatic heterocycles. The van der Waals surface area contributed by atoms with Gasteiger partial charge in [-0.15, -0.1) is 0 Å². The quantitative estimate of drug-likeness (QED) is 0.264. The molecule has 9 N–H and O–H groups in total. The van der Waals surface area contributed by atoms with E-state index in [1.165, 1.54) is 0 Å². The van der Waals surface area contributed by atoms with E-state index in [-0.39, 0.29) is 0 Å². The average Bonchev–Trinajstić information content (AvgIpc) is 2.55. The molecule has 0 spiro atoms. The topological polar surface area (TPSA) is 181 Å². The van der Waals surface area contributed by atoms with Crippen LogP contribution in [0.3, 0.4) is 0 Å². The number of aliphatic hydroxyl groups is 5. The number of aliphatic hydroxyl groups excluding tert-OH is 5. The lowest BCUT2D eigenvalue weighted by Gasteiger charge is -2.46. The smallest absolute Gasteiger partial charge is 0.176 e. The highest BCUT2D eigenvalue weighted by molar-refractivity contribution is 4.97. The van der Waals surface area contributed by atoms with Gasteiger partial charge >= 0.3 is 0 Å². The Labute approximate surface area is 133 Å². The second-order valence-electron chi connectivity index (χ2n) is 6.01. The van der Waals surface area contributed by atoms with E-state index >= 15 is 0 Å². The molecule has 0 aromatic rings. The highest BCUT2D eigenvalue weighted by Crippen LogP contribution is 2.27. The van der Waals surface area contributed by atoms with E-state index in [1.807, 2.05) is 0 Å². The van der Waals surface area contributed by atoms with E-state index in [0.29, 0.717) is 0 Å². The summed E-state index contributed by atoms with van der Waals surface area (Å²) in [5, 5.41) is 48.3. The van der Waals surface area contributed by atoms with Crippen molar-refractivity contribution in [3.8, 4) is 0 Å². The largest absolute Gasteiger partial charge is 0.394 e. The monoisotopic (exact) mass is 338 g/mol. The summed E-state index contributed by atoms with van der Waals surface area (Å²) in [6.45, 7) is 0.682. The molecular weight excluding hydrogens is 312 g/mol. The van der Waals surface area contributed by atoms with E-state index in [9.17, 15) is 25.5 Å². The van der Waals surface area contributed by atoms with Crippen LogP contribution >= 0.6 is 0 Å². The molecule has 2 aliphatic rings. The van der Waals surface area contributed by atoms with Gasteiger partial charge in [-0.25, -0.2) is 0 Å². The third-order valence-corrected chi connectivity index (χ3v) is 4.41. The Morgan fingerprint density at radius 1 is 0.870 bits per heavy atom. The predicted molar refractivity (Wildman–Crippen MR) is 76.0 cm³/mol. The standard InChI is InChI=1S/C13H26N2O8/c1-4-9(18)7(14)12(6(3-17)21-4)23-13-8(15)11(20)10(19)5(2-16)22-13/h4-13,16-20H,2-3,14-15H2,1H3/t4-,5-,6-,7-,8-,9+,10-,11-,12-,13?/m1/s1. The van der Waals surface area contributed by atoms with Gasteiger partial charge in [0.25, 0.3) is 0 Å². The highest BCUT2D eigenvalue weighted by Gasteiger charge is 2.48. The lowest BCUT2D eigenvalue weighted by Crippen LogP contribution is -2.67. The second kappa shape index (κ2) is 7.66. The summed E-state index contributed by atoms with van der Waals surface area (Å²) in [4.78, 5) is 0. The Morgan fingerprint density at radius 2 is 1.48 bits per heavy atom. The van der Waals surface area contributed by atoms with E-state index in [4.69, 9.17) is 25.7 Å². The van der Waals surface area contributed by atoms with Gasteiger partial charge < -0.3 is 51.2 Å². The zero-order chi connectivity index (χ0) is 17.3. The van der Waals surface area contributed by atoms with Crippen molar-refractivity contribution in [1.29, 1.82) is 0 Å². The second-order valence-corrected chi connectivity index (χ2v) is 6.01. The highest BCUT2D eigenvalue weighted by atomic mass is 16.7. The first-order valence-electron chi connectivity index (χ1n) is 7.55. The molecule has 0 bridgehead atoms. The summed E-state index contributed by atoms with van der Waals surface area (Å²) in [5.41, 5.74) is 11.7. The molecular formula is C13H26N2O8. The van der Waals surface area contributed by atoms with Crippen molar-refractivity contribution in [3.63, 3.8) is 0 Å². The Balaban J connectivity index is 2.11. The van der Waals surface area contributed by atoms with Crippen LogP contribution in [-0.2, 0) is 14.2 Å². The number of nitrogens with two attached hydrogens (primary N) is 2. The van der Waals surface area contributed by atoms with E-state index in [0.717, 1.165) is 0 Å². The molecule has 0 aliphatic carbocycles. The van der Waals surface area contributed by atoms with Crippen molar-refractivity contribution < 1.29 is 39.7 Å². The van der Waals surface area contributed by atoms with E-state index in [1.54, 1.807) is 6.92 Å². The minimum Gasteiger partial charge on any atom is -0.394 e. The van der Waals surface area contributed by atoms with Gasteiger partial charge in [0.1, 0.15) is 30.5 Å². The fourth-order valence-corrected chi connectivity index (χ4v) is 2.89. The van der Waals surface area contributed by atoms with Gasteiger partial charge in [0.15, 0.2) is 6.29 Å². The van der Waals surface area contributed by atoms with Gasteiger partial charge in [0, 0.05) is 0 Å². The summed E-state index contributed by atoms with van der Waals surface area (Å²) in [6, 6.07) is -1.97. The van der Waals surface area contributed by atoms with Crippen LogP contribution in [0, 0.1) is 0 Å². The molecule has 10 heteroatoms. The van der Waals surface area contributed by atoms with Crippen LogP contribution in [0.5, 0.6) is 0 Å². The summed E-state index contributed by atoms with van der Waals surface area (Å²) < 4.78 is 16.4. The summed E-state index contributed by atoms with van der Waals surface area (Å²) in [6.07, 6.45) is -8.35. The lowest BCUT2D eigenvalue weighted by atomic mass is 9.93. The third-order valence-electron chi connectivity index (χ3n) is 4.41. The Kier molecular flexibility index (Phi) is 6.30. The van der Waals surface area contributed by atoms with Gasteiger partial charge in [0.2, 0.25) is 0 Å². The molecule has 2 saturated heterocycles. The SMILES string of the molecule is C[C@H]1O[C@H](CO)[C@@H](OC2O[C@H](CO)[C@@H](O)[C@H](O)[C@H]2N)[C@H](N)[C@H]1O. The Hall–Kier alpha value is -0.400. The van der Waals surface area contributed by atoms with Crippen LogP contribution in [-0.4, -0.2) is 99.8 Å². The molecule has 1 unspecified atom stereocenters. The van der Waals surface area contributed by atoms with Crippen molar-refractivity contribution in [2.45, 2.75) is 68.0 Å². The molecule has 2 heterocycles. The van der Waals surface area contributed by atoms with Gasteiger partial charge in [-0.05, 0) is 6.92 Å². The average molecular weight is 338 g/mol. The van der Waals surface area contributed by atoms with Crippen LogP contribution in [0.25, 0.3) is 0 Å². The maximum absolute atomic E-state index is 10.0. The van der Waals surface area contributed by atoms with Crippen molar-refractivity contribution in [1.82, 2.24) is 0 Å². The number of hydrogen-bond acceptors (Lipinski definition) is 10. The van der Waals surface area contributed by atoms with Gasteiger partial charge in [-0.1, -0.05) is 0 Å². The van der Waals surface area contributed by atoms with Crippen LogP contribution in [0.1, 0.15) is 6.92 Å². The molecule has 0 radical (unpaired) electrons. The fraction of sp³-hybridized carbons (Fsp3) is 1.00. The molecule has 0 aromatic carbocycles. The van der Waals surface area contributed by atoms with Crippen molar-refractivity contribution in [2.75, 3.05) is 13.2 Å². The normalized spacial score (nSPS) is 51.7. The van der Waals surface area contributed by atoms with E-state index < -0.39 is 74.3 Å². The predicted octanol–water partition coefficient (Wildman–Crippen LogP) is -4.39. The molecule has 0 amide bonds. The first-order chi connectivity index (χ1) is 10.8. The summed E-state index contributed by atoms with van der Waals surface area (Å²) in [7, 11) is 0. The molecule has 10 nitrogen and oxygen atoms in total. The van der Waals surface area contributed by atoms with Crippen molar-refractivity contribution in [2.24, 2.45) is 11.5 Å². The van der Waals surface area contributed by atoms with Crippen LogP contribution in [0.2, 0.25) is 0 Å². The minimum absolute atomic E-state index is 0.397. The maximum Gasteiger partial charge on any atom is 0.176 e. The lowest BCUT2D eigenvalue weighted by molar-refractivity contribution is -0.304. The molecule has 136 valence electrons. The molecule has 0 saturated carbocycles. The summed E-state index contributed by atoms with van der Waals surface area (Å²) >= 11 is 0. The molecule has 10 atom stereocenters. The zero-order valence-electron chi connectivity index (χ0n) is 12.8. The van der Waals surface area contributed by atoms with Crippen LogP contribution in [0.4, 0.5) is 0 Å². The first kappa shape index (κ1) is 18.9. The van der Waals surface area contributed by atoms with Crippen molar-refractivity contribution >= 4 is 0 Å². The summed E-state index contributed by atoms with van der Waals surface area (Å²) in [5.74, 6) is 0. The Morgan fingerprint density at radius 3 is 2.04 bits per heavy atom. The molecule has 0 aromatic heterocycles. The molecule has 2 rings (SSSR count). The fourth-order valence-electron chi connectivity index (χ4n) is 2.89. The van der Waals surface area contributed by atoms with Crippen molar-refractivity contribution in [3.05, 3.63) is 0 Å². The minimum atomic E-state index is -1.37. The van der Waals surface area contributed by atoms with Gasteiger partial charge in [0.05, 0.1) is 37.5 Å². The third kappa shape index (κ3) is 3.66. The molecule has 23 heavy (non-hydrogen) atoms. The zero-order valence-corrected chi connectivity index (χ0v) is 12.8. The van der Waals surface area contributed by atoms with Crippen LogP contribution in [0.15, 0.2) is 0 Å². The number of rotatable bonds is 4.